The summed E-state index contributed by atoms with van der Waals surface area (Å²) < 4.78 is 4.70. The van der Waals surface area contributed by atoms with Gasteiger partial charge in [-0.15, -0.1) is 0 Å². The lowest BCUT2D eigenvalue weighted by atomic mass is 10.0. The number of piperazine rings is 1. The van der Waals surface area contributed by atoms with Crippen molar-refractivity contribution in [3.05, 3.63) is 69.8 Å². The Labute approximate surface area is 197 Å². The van der Waals surface area contributed by atoms with Crippen LogP contribution in [0.5, 0.6) is 0 Å². The van der Waals surface area contributed by atoms with Crippen LogP contribution in [0.1, 0.15) is 30.9 Å². The van der Waals surface area contributed by atoms with Crippen molar-refractivity contribution in [2.45, 2.75) is 29.6 Å². The highest BCUT2D eigenvalue weighted by atomic mass is 32.2. The summed E-state index contributed by atoms with van der Waals surface area (Å²) in [5, 5.41) is 11.7. The summed E-state index contributed by atoms with van der Waals surface area (Å²) in [6.07, 6.45) is 2.59. The third-order valence-corrected chi connectivity index (χ3v) is 6.54. The van der Waals surface area contributed by atoms with Crippen molar-refractivity contribution in [3.8, 4) is 0 Å². The summed E-state index contributed by atoms with van der Waals surface area (Å²) in [6, 6.07) is 12.9. The molecule has 33 heavy (non-hydrogen) atoms. The molecule has 0 saturated carbocycles. The summed E-state index contributed by atoms with van der Waals surface area (Å²) in [5.41, 5.74) is 1.71. The van der Waals surface area contributed by atoms with Gasteiger partial charge in [-0.1, -0.05) is 49.9 Å². The van der Waals surface area contributed by atoms with Gasteiger partial charge >= 0.3 is 6.09 Å². The molecular formula is C24H27N3O5S. The van der Waals surface area contributed by atoms with Crippen molar-refractivity contribution in [3.63, 3.8) is 0 Å². The van der Waals surface area contributed by atoms with Gasteiger partial charge in [0.05, 0.1) is 16.9 Å². The Morgan fingerprint density at radius 3 is 2.36 bits per heavy atom. The lowest BCUT2D eigenvalue weighted by Gasteiger charge is -2.33. The molecule has 0 atom stereocenters. The smallest absolute Gasteiger partial charge is 0.409 e. The predicted molar refractivity (Wildman–Crippen MR) is 127 cm³/mol. The number of carbonyl (C=O) groups is 2. The van der Waals surface area contributed by atoms with E-state index in [2.05, 4.69) is 13.8 Å². The number of amides is 2. The maximum Gasteiger partial charge on any atom is 0.409 e. The lowest BCUT2D eigenvalue weighted by molar-refractivity contribution is -0.387. The van der Waals surface area contributed by atoms with Crippen molar-refractivity contribution in [1.29, 1.82) is 0 Å². The number of hydrogen-bond donors (Lipinski definition) is 0. The van der Waals surface area contributed by atoms with Crippen LogP contribution in [0.15, 0.2) is 58.3 Å². The van der Waals surface area contributed by atoms with Gasteiger partial charge in [-0.3, -0.25) is 14.9 Å². The van der Waals surface area contributed by atoms with E-state index in [0.29, 0.717) is 42.6 Å². The third kappa shape index (κ3) is 6.13. The van der Waals surface area contributed by atoms with E-state index in [4.69, 9.17) is 4.74 Å². The van der Waals surface area contributed by atoms with Gasteiger partial charge in [-0.05, 0) is 35.3 Å². The number of ether oxygens (including phenoxy) is 1. The zero-order chi connectivity index (χ0) is 24.0. The van der Waals surface area contributed by atoms with Crippen LogP contribution >= 0.6 is 11.8 Å². The second-order valence-corrected chi connectivity index (χ2v) is 8.98. The molecule has 2 aromatic carbocycles. The molecule has 1 fully saturated rings. The minimum absolute atomic E-state index is 0.000138. The predicted octanol–water partition coefficient (Wildman–Crippen LogP) is 4.79. The van der Waals surface area contributed by atoms with Gasteiger partial charge in [-0.25, -0.2) is 4.79 Å². The molecule has 1 heterocycles. The molecule has 1 aliphatic rings. The van der Waals surface area contributed by atoms with Crippen LogP contribution in [-0.2, 0) is 9.53 Å². The van der Waals surface area contributed by atoms with Crippen molar-refractivity contribution < 1.29 is 19.2 Å². The molecule has 0 N–H and O–H groups in total. The lowest BCUT2D eigenvalue weighted by Crippen LogP contribution is -2.50. The summed E-state index contributed by atoms with van der Waals surface area (Å²) >= 11 is 1.37. The number of nitrogens with zero attached hydrogens (tertiary/aromatic N) is 3. The van der Waals surface area contributed by atoms with Crippen LogP contribution in [0.25, 0.3) is 6.08 Å². The summed E-state index contributed by atoms with van der Waals surface area (Å²) in [5.74, 6) is 0.0990. The number of methoxy groups -OCH3 is 1. The Morgan fingerprint density at radius 2 is 1.73 bits per heavy atom. The van der Waals surface area contributed by atoms with Crippen LogP contribution in [0.4, 0.5) is 10.5 Å². The molecule has 0 spiro atoms. The molecule has 1 aliphatic heterocycles. The molecule has 3 rings (SSSR count). The Morgan fingerprint density at radius 1 is 1.06 bits per heavy atom. The Kier molecular flexibility index (Phi) is 8.11. The van der Waals surface area contributed by atoms with Crippen molar-refractivity contribution >= 4 is 35.5 Å². The number of nitro benzene ring substituents is 1. The van der Waals surface area contributed by atoms with E-state index in [9.17, 15) is 19.7 Å². The molecule has 2 amide bonds. The van der Waals surface area contributed by atoms with Crippen molar-refractivity contribution in [1.82, 2.24) is 9.80 Å². The fourth-order valence-corrected chi connectivity index (χ4v) is 4.73. The van der Waals surface area contributed by atoms with Crippen molar-refractivity contribution in [2.24, 2.45) is 0 Å². The minimum atomic E-state index is -0.404. The van der Waals surface area contributed by atoms with Gasteiger partial charge in [0.15, 0.2) is 0 Å². The highest BCUT2D eigenvalue weighted by Crippen LogP contribution is 2.39. The topological polar surface area (TPSA) is 93.0 Å². The van der Waals surface area contributed by atoms with E-state index in [1.165, 1.54) is 31.0 Å². The first-order valence-electron chi connectivity index (χ1n) is 10.6. The zero-order valence-electron chi connectivity index (χ0n) is 18.9. The van der Waals surface area contributed by atoms with E-state index < -0.39 is 11.0 Å². The fourth-order valence-electron chi connectivity index (χ4n) is 3.55. The summed E-state index contributed by atoms with van der Waals surface area (Å²) in [6.45, 7) is 5.80. The van der Waals surface area contributed by atoms with Crippen LogP contribution in [0.3, 0.4) is 0 Å². The Hall–Kier alpha value is -3.33. The molecule has 0 radical (unpaired) electrons. The van der Waals surface area contributed by atoms with Crippen molar-refractivity contribution in [2.75, 3.05) is 33.3 Å². The number of hydrogen-bond acceptors (Lipinski definition) is 6. The second kappa shape index (κ2) is 11.0. The molecule has 0 aromatic heterocycles. The monoisotopic (exact) mass is 469 g/mol. The van der Waals surface area contributed by atoms with Gasteiger partial charge in [0.2, 0.25) is 5.91 Å². The quantitative estimate of drug-likeness (QED) is 0.343. The second-order valence-electron chi connectivity index (χ2n) is 7.89. The SMILES string of the molecule is COC(=O)N1CCN(C(=O)/C=C/c2ccc(Sc3ccccc3C(C)C)c([N+](=O)[O-])c2)CC1. The first-order valence-corrected chi connectivity index (χ1v) is 11.5. The Balaban J connectivity index is 1.72. The average Bonchev–Trinajstić information content (AvgIpc) is 2.82. The molecular weight excluding hydrogens is 442 g/mol. The molecule has 2 aromatic rings. The maximum atomic E-state index is 12.5. The van der Waals surface area contributed by atoms with E-state index >= 15 is 0 Å². The van der Waals surface area contributed by atoms with E-state index in [0.717, 1.165) is 10.5 Å². The standard InChI is InChI=1S/C24H27N3O5S/c1-17(2)19-6-4-5-7-21(19)33-22-10-8-18(16-20(22)27(30)31)9-11-23(28)25-12-14-26(15-13-25)24(29)32-3/h4-11,16-17H,12-15H2,1-3H3/b11-9+. The first-order chi connectivity index (χ1) is 15.8. The van der Waals surface area contributed by atoms with Gasteiger partial charge in [0, 0.05) is 43.2 Å². The number of carbonyl (C=O) groups excluding carboxylic acids is 2. The van der Waals surface area contributed by atoms with Crippen LogP contribution in [0.2, 0.25) is 0 Å². The molecule has 174 valence electrons. The highest BCUT2D eigenvalue weighted by molar-refractivity contribution is 7.99. The highest BCUT2D eigenvalue weighted by Gasteiger charge is 2.23. The van der Waals surface area contributed by atoms with Crippen LogP contribution in [0, 0.1) is 10.1 Å². The number of rotatable bonds is 6. The molecule has 0 unspecified atom stereocenters. The third-order valence-electron chi connectivity index (χ3n) is 5.38. The zero-order valence-corrected chi connectivity index (χ0v) is 19.7. The Bertz CT molecular complexity index is 1060. The van der Waals surface area contributed by atoms with Gasteiger partial charge in [-0.2, -0.15) is 0 Å². The molecule has 1 saturated heterocycles. The minimum Gasteiger partial charge on any atom is -0.453 e. The van der Waals surface area contributed by atoms with Crippen LogP contribution < -0.4 is 0 Å². The molecule has 9 heteroatoms. The molecule has 8 nitrogen and oxygen atoms in total. The van der Waals surface area contributed by atoms with Gasteiger partial charge < -0.3 is 14.5 Å². The first kappa shape index (κ1) is 24.3. The fraction of sp³-hybridized carbons (Fsp3) is 0.333. The van der Waals surface area contributed by atoms with E-state index in [1.54, 1.807) is 28.0 Å². The largest absolute Gasteiger partial charge is 0.453 e. The number of nitro groups is 1. The number of benzene rings is 2. The summed E-state index contributed by atoms with van der Waals surface area (Å²) in [4.78, 5) is 40.1. The van der Waals surface area contributed by atoms with Crippen LogP contribution in [-0.4, -0.2) is 60.0 Å². The summed E-state index contributed by atoms with van der Waals surface area (Å²) in [7, 11) is 1.33. The van der Waals surface area contributed by atoms with Gasteiger partial charge in [0.1, 0.15) is 0 Å². The maximum absolute atomic E-state index is 12.5. The normalized spacial score (nSPS) is 14.1. The van der Waals surface area contributed by atoms with Gasteiger partial charge in [0.25, 0.3) is 5.69 Å². The molecule has 0 bridgehead atoms. The average molecular weight is 470 g/mol. The van der Waals surface area contributed by atoms with E-state index in [1.807, 2.05) is 24.3 Å². The van der Waals surface area contributed by atoms with E-state index in [-0.39, 0.29) is 11.6 Å². The molecule has 0 aliphatic carbocycles.